The third-order valence-corrected chi connectivity index (χ3v) is 3.79. The van der Waals surface area contributed by atoms with Crippen molar-refractivity contribution in [3.8, 4) is 0 Å². The van der Waals surface area contributed by atoms with Crippen molar-refractivity contribution < 1.29 is 9.53 Å². The summed E-state index contributed by atoms with van der Waals surface area (Å²) in [7, 11) is 0. The summed E-state index contributed by atoms with van der Waals surface area (Å²) in [4.78, 5) is 15.9. The van der Waals surface area contributed by atoms with Gasteiger partial charge in [0.15, 0.2) is 0 Å². The molecule has 0 aromatic carbocycles. The van der Waals surface area contributed by atoms with E-state index in [0.717, 1.165) is 12.8 Å². The number of pyridine rings is 1. The molecule has 2 heterocycles. The number of rotatable bonds is 2. The van der Waals surface area contributed by atoms with E-state index in [1.165, 1.54) is 0 Å². The van der Waals surface area contributed by atoms with Crippen LogP contribution in [-0.2, 0) is 9.53 Å². The lowest BCUT2D eigenvalue weighted by Crippen LogP contribution is -2.28. The Labute approximate surface area is 113 Å². The number of amides is 1. The van der Waals surface area contributed by atoms with Gasteiger partial charge in [0.05, 0.1) is 16.4 Å². The molecule has 1 fully saturated rings. The van der Waals surface area contributed by atoms with Gasteiger partial charge in [-0.15, -0.1) is 0 Å². The maximum absolute atomic E-state index is 11.9. The second kappa shape index (κ2) is 5.80. The lowest BCUT2D eigenvalue weighted by Gasteiger charge is -2.21. The second-order valence-electron chi connectivity index (χ2n) is 3.87. The van der Waals surface area contributed by atoms with Crippen molar-refractivity contribution in [2.75, 3.05) is 18.5 Å². The number of hydrogen-bond acceptors (Lipinski definition) is 3. The molecular formula is C11H12BrClN2O2. The largest absolute Gasteiger partial charge is 0.381 e. The molecule has 6 heteroatoms. The number of hydrogen-bond donors (Lipinski definition) is 1. The van der Waals surface area contributed by atoms with Crippen LogP contribution in [-0.4, -0.2) is 24.1 Å². The van der Waals surface area contributed by atoms with Crippen LogP contribution >= 0.6 is 27.5 Å². The molecule has 0 spiro atoms. The summed E-state index contributed by atoms with van der Waals surface area (Å²) >= 11 is 9.04. The molecule has 1 aromatic heterocycles. The lowest BCUT2D eigenvalue weighted by atomic mass is 9.99. The average molecular weight is 320 g/mol. The van der Waals surface area contributed by atoms with E-state index in [-0.39, 0.29) is 11.8 Å². The first kappa shape index (κ1) is 12.8. The number of aromatic nitrogens is 1. The van der Waals surface area contributed by atoms with Crippen LogP contribution in [0.5, 0.6) is 0 Å². The predicted molar refractivity (Wildman–Crippen MR) is 69.1 cm³/mol. The Hall–Kier alpha value is -0.650. The number of halogens is 2. The van der Waals surface area contributed by atoms with Crippen molar-refractivity contribution in [2.24, 2.45) is 5.92 Å². The number of carbonyl (C=O) groups excluding carboxylic acids is 1. The average Bonchev–Trinajstić information content (AvgIpc) is 2.35. The highest BCUT2D eigenvalue weighted by molar-refractivity contribution is 9.10. The molecule has 1 amide bonds. The summed E-state index contributed by atoms with van der Waals surface area (Å²) in [5.74, 6) is 0.0440. The number of ether oxygens (including phenoxy) is 1. The normalized spacial score (nSPS) is 16.8. The minimum Gasteiger partial charge on any atom is -0.381 e. The molecule has 1 N–H and O–H groups in total. The molecule has 0 radical (unpaired) electrons. The maximum atomic E-state index is 11.9. The van der Waals surface area contributed by atoms with Crippen molar-refractivity contribution in [1.82, 2.24) is 4.98 Å². The monoisotopic (exact) mass is 318 g/mol. The quantitative estimate of drug-likeness (QED) is 0.853. The van der Waals surface area contributed by atoms with Crippen molar-refractivity contribution >= 4 is 39.1 Å². The molecule has 4 nitrogen and oxygen atoms in total. The zero-order valence-corrected chi connectivity index (χ0v) is 11.4. The van der Waals surface area contributed by atoms with Gasteiger partial charge >= 0.3 is 0 Å². The van der Waals surface area contributed by atoms with Crippen LogP contribution in [0, 0.1) is 5.92 Å². The Kier molecular flexibility index (Phi) is 4.36. The molecule has 1 aliphatic rings. The van der Waals surface area contributed by atoms with E-state index < -0.39 is 0 Å². The van der Waals surface area contributed by atoms with Gasteiger partial charge in [-0.05, 0) is 34.8 Å². The summed E-state index contributed by atoms with van der Waals surface area (Å²) in [6, 6.07) is 1.74. The third-order valence-electron chi connectivity index (χ3n) is 2.66. The summed E-state index contributed by atoms with van der Waals surface area (Å²) < 4.78 is 5.89. The van der Waals surface area contributed by atoms with E-state index in [2.05, 4.69) is 26.2 Å². The van der Waals surface area contributed by atoms with Crippen molar-refractivity contribution in [2.45, 2.75) is 12.8 Å². The molecular weight excluding hydrogens is 307 g/mol. The van der Waals surface area contributed by atoms with Gasteiger partial charge < -0.3 is 10.1 Å². The highest BCUT2D eigenvalue weighted by Gasteiger charge is 2.21. The first-order chi connectivity index (χ1) is 8.16. The zero-order valence-electron chi connectivity index (χ0n) is 9.08. The minimum atomic E-state index is 0.0179. The zero-order chi connectivity index (χ0) is 12.3. The summed E-state index contributed by atoms with van der Waals surface area (Å²) in [5.41, 5.74) is 0.651. The Morgan fingerprint density at radius 3 is 2.88 bits per heavy atom. The van der Waals surface area contributed by atoms with Crippen LogP contribution in [0.3, 0.4) is 0 Å². The van der Waals surface area contributed by atoms with Crippen LogP contribution in [0.1, 0.15) is 12.8 Å². The molecule has 1 saturated heterocycles. The van der Waals surface area contributed by atoms with Gasteiger partial charge in [0.2, 0.25) is 5.91 Å². The summed E-state index contributed by atoms with van der Waals surface area (Å²) in [5, 5.41) is 3.22. The summed E-state index contributed by atoms with van der Waals surface area (Å²) in [6.45, 7) is 1.31. The first-order valence-electron chi connectivity index (χ1n) is 5.36. The Balaban J connectivity index is 1.99. The molecule has 1 aromatic rings. The van der Waals surface area contributed by atoms with Crippen molar-refractivity contribution in [1.29, 1.82) is 0 Å². The minimum absolute atomic E-state index is 0.0179. The SMILES string of the molecule is O=C(Nc1cnc(Cl)c(Br)c1)C1CCOCC1. The Bertz CT molecular complexity index is 422. The van der Waals surface area contributed by atoms with E-state index in [1.807, 2.05) is 0 Å². The van der Waals surface area contributed by atoms with Gasteiger partial charge in [-0.1, -0.05) is 11.6 Å². The Morgan fingerprint density at radius 2 is 2.24 bits per heavy atom. The van der Waals surface area contributed by atoms with Crippen molar-refractivity contribution in [3.63, 3.8) is 0 Å². The summed E-state index contributed by atoms with van der Waals surface area (Å²) in [6.07, 6.45) is 3.09. The second-order valence-corrected chi connectivity index (χ2v) is 5.08. The molecule has 0 aliphatic carbocycles. The molecule has 1 aliphatic heterocycles. The predicted octanol–water partition coefficient (Wildman–Crippen LogP) is 2.86. The molecule has 17 heavy (non-hydrogen) atoms. The van der Waals surface area contributed by atoms with Gasteiger partial charge in [0, 0.05) is 19.1 Å². The van der Waals surface area contributed by atoms with Crippen LogP contribution < -0.4 is 5.32 Å². The molecule has 92 valence electrons. The fourth-order valence-electron chi connectivity index (χ4n) is 1.69. The van der Waals surface area contributed by atoms with Crippen LogP contribution in [0.2, 0.25) is 5.15 Å². The van der Waals surface area contributed by atoms with Crippen LogP contribution in [0.4, 0.5) is 5.69 Å². The smallest absolute Gasteiger partial charge is 0.227 e. The highest BCUT2D eigenvalue weighted by atomic mass is 79.9. The molecule has 0 bridgehead atoms. The molecule has 2 rings (SSSR count). The van der Waals surface area contributed by atoms with E-state index in [1.54, 1.807) is 12.3 Å². The topological polar surface area (TPSA) is 51.2 Å². The van der Waals surface area contributed by atoms with E-state index in [0.29, 0.717) is 28.5 Å². The fraction of sp³-hybridized carbons (Fsp3) is 0.455. The standard InChI is InChI=1S/C11H12BrClN2O2/c12-9-5-8(6-14-10(9)13)15-11(16)7-1-3-17-4-2-7/h5-7H,1-4H2,(H,15,16). The first-order valence-corrected chi connectivity index (χ1v) is 6.53. The van der Waals surface area contributed by atoms with Crippen LogP contribution in [0.15, 0.2) is 16.7 Å². The van der Waals surface area contributed by atoms with Crippen molar-refractivity contribution in [3.05, 3.63) is 21.9 Å². The van der Waals surface area contributed by atoms with Gasteiger partial charge in [0.1, 0.15) is 5.15 Å². The van der Waals surface area contributed by atoms with Crippen LogP contribution in [0.25, 0.3) is 0 Å². The van der Waals surface area contributed by atoms with Gasteiger partial charge in [-0.25, -0.2) is 4.98 Å². The molecule has 0 atom stereocenters. The van der Waals surface area contributed by atoms with E-state index in [4.69, 9.17) is 16.3 Å². The number of anilines is 1. The van der Waals surface area contributed by atoms with Gasteiger partial charge in [-0.2, -0.15) is 0 Å². The third kappa shape index (κ3) is 3.40. The fourth-order valence-corrected chi connectivity index (χ4v) is 2.15. The number of nitrogens with zero attached hydrogens (tertiary/aromatic N) is 1. The lowest BCUT2D eigenvalue weighted by molar-refractivity contribution is -0.122. The molecule has 0 saturated carbocycles. The van der Waals surface area contributed by atoms with Gasteiger partial charge in [0.25, 0.3) is 0 Å². The van der Waals surface area contributed by atoms with Gasteiger partial charge in [-0.3, -0.25) is 4.79 Å². The van der Waals surface area contributed by atoms with E-state index in [9.17, 15) is 4.79 Å². The Morgan fingerprint density at radius 1 is 1.53 bits per heavy atom. The number of nitrogens with one attached hydrogen (secondary N) is 1. The molecule has 0 unspecified atom stereocenters. The maximum Gasteiger partial charge on any atom is 0.227 e. The van der Waals surface area contributed by atoms with E-state index >= 15 is 0 Å². The number of carbonyl (C=O) groups is 1. The highest BCUT2D eigenvalue weighted by Crippen LogP contribution is 2.24.